The first-order chi connectivity index (χ1) is 10.4. The van der Waals surface area contributed by atoms with Gasteiger partial charge in [0.1, 0.15) is 10.7 Å². The second-order valence-corrected chi connectivity index (χ2v) is 7.65. The topological polar surface area (TPSA) is 64.0 Å². The lowest BCUT2D eigenvalue weighted by molar-refractivity contribution is 0.467. The Kier molecular flexibility index (Phi) is 3.78. The third-order valence-corrected chi connectivity index (χ3v) is 5.81. The first-order valence-corrected chi connectivity index (χ1v) is 8.78. The van der Waals surface area contributed by atoms with Crippen LogP contribution < -0.4 is 5.32 Å². The van der Waals surface area contributed by atoms with Crippen molar-refractivity contribution in [2.24, 2.45) is 7.05 Å². The molecule has 5 nitrogen and oxygen atoms in total. The summed E-state index contributed by atoms with van der Waals surface area (Å²) >= 11 is 0. The largest absolute Gasteiger partial charge is 0.304 e. The van der Waals surface area contributed by atoms with Crippen molar-refractivity contribution < 1.29 is 12.8 Å². The summed E-state index contributed by atoms with van der Waals surface area (Å²) in [4.78, 5) is -0.153. The van der Waals surface area contributed by atoms with Crippen LogP contribution in [0.25, 0.3) is 0 Å². The van der Waals surface area contributed by atoms with E-state index in [0.29, 0.717) is 18.5 Å². The molecule has 0 amide bonds. The van der Waals surface area contributed by atoms with Crippen LogP contribution in [0.4, 0.5) is 4.39 Å². The maximum Gasteiger partial charge on any atom is 0.181 e. The minimum atomic E-state index is -3.53. The van der Waals surface area contributed by atoms with Gasteiger partial charge in [-0.2, -0.15) is 5.10 Å². The molecule has 1 aromatic carbocycles. The van der Waals surface area contributed by atoms with Gasteiger partial charge in [-0.3, -0.25) is 4.68 Å². The van der Waals surface area contributed by atoms with Gasteiger partial charge in [-0.1, -0.05) is 12.1 Å². The molecule has 7 heteroatoms. The number of nitrogens with one attached hydrogen (secondary N) is 1. The number of aromatic nitrogens is 2. The van der Waals surface area contributed by atoms with Gasteiger partial charge in [0.25, 0.3) is 0 Å². The number of hydrogen-bond donors (Lipinski definition) is 1. The van der Waals surface area contributed by atoms with Gasteiger partial charge in [0.15, 0.2) is 9.84 Å². The van der Waals surface area contributed by atoms with E-state index in [1.54, 1.807) is 16.8 Å². The molecule has 1 aliphatic heterocycles. The smallest absolute Gasteiger partial charge is 0.181 e. The van der Waals surface area contributed by atoms with E-state index < -0.39 is 15.7 Å². The highest BCUT2D eigenvalue weighted by Gasteiger charge is 2.32. The van der Waals surface area contributed by atoms with Crippen molar-refractivity contribution in [2.45, 2.75) is 30.8 Å². The molecule has 1 atom stereocenters. The zero-order valence-corrected chi connectivity index (χ0v) is 13.3. The van der Waals surface area contributed by atoms with Crippen molar-refractivity contribution in [3.63, 3.8) is 0 Å². The first kappa shape index (κ1) is 15.2. The molecule has 0 fully saturated rings. The lowest BCUT2D eigenvalue weighted by atomic mass is 10.0. The van der Waals surface area contributed by atoms with Crippen molar-refractivity contribution in [1.82, 2.24) is 15.1 Å². The lowest BCUT2D eigenvalue weighted by Crippen LogP contribution is -2.30. The number of hydrogen-bond acceptors (Lipinski definition) is 4. The molecular formula is C15H18FN3O2S. The molecule has 1 unspecified atom stereocenters. The van der Waals surface area contributed by atoms with Gasteiger partial charge < -0.3 is 5.32 Å². The van der Waals surface area contributed by atoms with Crippen molar-refractivity contribution in [3.05, 3.63) is 47.0 Å². The Hall–Kier alpha value is -1.73. The summed E-state index contributed by atoms with van der Waals surface area (Å²) in [5.41, 5.74) is 2.45. The molecule has 0 spiro atoms. The minimum Gasteiger partial charge on any atom is -0.304 e. The average Bonchev–Trinajstić information content (AvgIpc) is 2.76. The molecule has 0 saturated carbocycles. The molecule has 2 aromatic rings. The maximum absolute atomic E-state index is 13.9. The monoisotopic (exact) mass is 323 g/mol. The summed E-state index contributed by atoms with van der Waals surface area (Å²) < 4.78 is 39.9. The minimum absolute atomic E-state index is 0.0387. The highest BCUT2D eigenvalue weighted by Crippen LogP contribution is 2.33. The number of sulfone groups is 1. The van der Waals surface area contributed by atoms with E-state index in [2.05, 4.69) is 10.4 Å². The fourth-order valence-electron chi connectivity index (χ4n) is 2.93. The lowest BCUT2D eigenvalue weighted by Gasteiger charge is -2.26. The Balaban J connectivity index is 1.88. The molecule has 3 rings (SSSR count). The predicted octanol–water partition coefficient (Wildman–Crippen LogP) is 1.88. The Morgan fingerprint density at radius 1 is 1.45 bits per heavy atom. The maximum atomic E-state index is 13.9. The third kappa shape index (κ3) is 2.66. The SMILES string of the molecule is Cc1cc(CNC2CCS(=O)(=O)c3c(F)cccc32)n(C)n1. The molecule has 1 aromatic heterocycles. The van der Waals surface area contributed by atoms with E-state index in [1.165, 1.54) is 6.07 Å². The molecule has 0 saturated heterocycles. The van der Waals surface area contributed by atoms with E-state index in [1.807, 2.05) is 20.0 Å². The van der Waals surface area contributed by atoms with Gasteiger partial charge in [0.2, 0.25) is 0 Å². The van der Waals surface area contributed by atoms with Gasteiger partial charge in [-0.05, 0) is 31.0 Å². The molecule has 0 bridgehead atoms. The number of halogens is 1. The first-order valence-electron chi connectivity index (χ1n) is 7.12. The molecule has 2 heterocycles. The predicted molar refractivity (Wildman–Crippen MR) is 80.6 cm³/mol. The van der Waals surface area contributed by atoms with Crippen molar-refractivity contribution in [1.29, 1.82) is 0 Å². The summed E-state index contributed by atoms with van der Waals surface area (Å²) in [6, 6.07) is 6.23. The van der Waals surface area contributed by atoms with Crippen LogP contribution in [-0.4, -0.2) is 24.0 Å². The molecule has 0 aliphatic carbocycles. The van der Waals surface area contributed by atoms with Gasteiger partial charge >= 0.3 is 0 Å². The highest BCUT2D eigenvalue weighted by molar-refractivity contribution is 7.91. The van der Waals surface area contributed by atoms with E-state index in [9.17, 15) is 12.8 Å². The number of nitrogens with zero attached hydrogens (tertiary/aromatic N) is 2. The summed E-state index contributed by atoms with van der Waals surface area (Å²) in [5, 5.41) is 7.60. The van der Waals surface area contributed by atoms with Gasteiger partial charge in [0, 0.05) is 19.6 Å². The summed E-state index contributed by atoms with van der Waals surface area (Å²) in [6.07, 6.45) is 0.440. The molecule has 1 N–H and O–H groups in total. The van der Waals surface area contributed by atoms with Crippen LogP contribution >= 0.6 is 0 Å². The zero-order chi connectivity index (χ0) is 15.9. The molecule has 22 heavy (non-hydrogen) atoms. The van der Waals surface area contributed by atoms with Crippen LogP contribution in [0.5, 0.6) is 0 Å². The Morgan fingerprint density at radius 3 is 2.91 bits per heavy atom. The van der Waals surface area contributed by atoms with Crippen molar-refractivity contribution >= 4 is 9.84 Å². The Morgan fingerprint density at radius 2 is 2.23 bits per heavy atom. The van der Waals surface area contributed by atoms with E-state index in [0.717, 1.165) is 11.4 Å². The van der Waals surface area contributed by atoms with Crippen molar-refractivity contribution in [2.75, 3.05) is 5.75 Å². The van der Waals surface area contributed by atoms with Crippen LogP contribution in [0.15, 0.2) is 29.2 Å². The van der Waals surface area contributed by atoms with Gasteiger partial charge in [-0.25, -0.2) is 12.8 Å². The Labute approximate surface area is 129 Å². The molecule has 1 aliphatic rings. The Bertz CT molecular complexity index is 814. The summed E-state index contributed by atoms with van der Waals surface area (Å²) in [5.74, 6) is -0.705. The van der Waals surface area contributed by atoms with Gasteiger partial charge in [0.05, 0.1) is 17.1 Å². The number of fused-ring (bicyclic) bond motifs is 1. The number of benzene rings is 1. The average molecular weight is 323 g/mol. The van der Waals surface area contributed by atoms with E-state index >= 15 is 0 Å². The van der Waals surface area contributed by atoms with Gasteiger partial charge in [-0.15, -0.1) is 0 Å². The van der Waals surface area contributed by atoms with Crippen molar-refractivity contribution in [3.8, 4) is 0 Å². The fraction of sp³-hybridized carbons (Fsp3) is 0.400. The summed E-state index contributed by atoms with van der Waals surface area (Å²) in [6.45, 7) is 2.47. The number of rotatable bonds is 3. The van der Waals surface area contributed by atoms with E-state index in [-0.39, 0.29) is 16.7 Å². The third-order valence-electron chi connectivity index (χ3n) is 3.99. The van der Waals surface area contributed by atoms with Crippen LogP contribution in [0.3, 0.4) is 0 Å². The molecule has 118 valence electrons. The fourth-order valence-corrected chi connectivity index (χ4v) is 4.61. The van der Waals surface area contributed by atoms with E-state index in [4.69, 9.17) is 0 Å². The molecular weight excluding hydrogens is 305 g/mol. The standard InChI is InChI=1S/C15H18FN3O2S/c1-10-8-11(19(2)18-10)9-17-14-6-7-22(20,21)15-12(14)4-3-5-13(15)16/h3-5,8,14,17H,6-7,9H2,1-2H3. The quantitative estimate of drug-likeness (QED) is 0.937. The zero-order valence-electron chi connectivity index (χ0n) is 12.5. The van der Waals surface area contributed by atoms with Crippen LogP contribution in [0.2, 0.25) is 0 Å². The normalized spacial score (nSPS) is 19.9. The summed E-state index contributed by atoms with van der Waals surface area (Å²) in [7, 11) is -1.66. The van der Waals surface area contributed by atoms with Crippen LogP contribution in [0.1, 0.15) is 29.4 Å². The van der Waals surface area contributed by atoms with Crippen LogP contribution in [0, 0.1) is 12.7 Å². The molecule has 0 radical (unpaired) electrons. The second-order valence-electron chi connectivity index (χ2n) is 5.60. The number of aryl methyl sites for hydroxylation is 2. The van der Waals surface area contributed by atoms with Crippen LogP contribution in [-0.2, 0) is 23.4 Å². The highest BCUT2D eigenvalue weighted by atomic mass is 32.2. The second kappa shape index (κ2) is 5.48.